The fourth-order valence-corrected chi connectivity index (χ4v) is 13.4. The summed E-state index contributed by atoms with van der Waals surface area (Å²) in [6, 6.07) is -0.596. The number of H-pyrrole nitrogens is 1. The van der Waals surface area contributed by atoms with Crippen molar-refractivity contribution in [3.63, 3.8) is 0 Å². The Morgan fingerprint density at radius 3 is 2.36 bits per heavy atom. The average Bonchev–Trinajstić information content (AvgIpc) is 4.14. The molecule has 420 valence electrons. The molecule has 8 heterocycles. The number of nitrogens with zero attached hydrogens (tertiary/aromatic N) is 4. The van der Waals surface area contributed by atoms with Gasteiger partial charge in [-0.25, -0.2) is 9.48 Å². The highest BCUT2D eigenvalue weighted by Gasteiger charge is 2.63. The van der Waals surface area contributed by atoms with Crippen molar-refractivity contribution in [1.82, 2.24) is 29.9 Å². The molecule has 5 fully saturated rings. The zero-order valence-corrected chi connectivity index (χ0v) is 45.4. The maximum atomic E-state index is 14.8. The molecule has 75 heavy (non-hydrogen) atoms. The minimum atomic E-state index is -1.42. The van der Waals surface area contributed by atoms with Gasteiger partial charge in [0.2, 0.25) is 17.5 Å². The van der Waals surface area contributed by atoms with Crippen LogP contribution in [0, 0.1) is 47.2 Å². The lowest BCUT2D eigenvalue weighted by Crippen LogP contribution is -2.63. The van der Waals surface area contributed by atoms with Gasteiger partial charge in [0, 0.05) is 36.5 Å². The number of Topliss-reactive ketones (excluding diaryl/α,β-unsaturated/α-hetero) is 1. The van der Waals surface area contributed by atoms with Gasteiger partial charge in [0.05, 0.1) is 85.3 Å². The van der Waals surface area contributed by atoms with Crippen molar-refractivity contribution < 1.29 is 62.8 Å². The molecule has 20 nitrogen and oxygen atoms in total. The third-order valence-electron chi connectivity index (χ3n) is 18.4. The van der Waals surface area contributed by atoms with Gasteiger partial charge in [0.25, 0.3) is 5.56 Å². The van der Waals surface area contributed by atoms with E-state index in [0.29, 0.717) is 63.5 Å². The van der Waals surface area contributed by atoms with Crippen LogP contribution in [0.25, 0.3) is 0 Å². The third kappa shape index (κ3) is 11.0. The Kier molecular flexibility index (Phi) is 17.2. The van der Waals surface area contributed by atoms with Gasteiger partial charge < -0.3 is 54.2 Å². The lowest BCUT2D eigenvalue weighted by Gasteiger charge is -2.54. The minimum Gasteiger partial charge on any atom is -0.394 e. The molecule has 0 aromatic carbocycles. The Balaban J connectivity index is 0.882. The first-order valence-corrected chi connectivity index (χ1v) is 27.6. The molecule has 21 atom stereocenters. The third-order valence-corrected chi connectivity index (χ3v) is 18.4. The van der Waals surface area contributed by atoms with Crippen molar-refractivity contribution >= 4 is 11.7 Å². The first-order chi connectivity index (χ1) is 35.5. The number of aliphatic hydroxyl groups is 4. The standard InChI is InChI=1S/C54H83FN6O14/c1-11-35(48(66)56-24-34-25-61(59-58-34)38-23-43(71-40(38)27-62)60-26-37(55)49(67)57-50(60)68)39-15-14-28(4)46(72-39)32(8)44(64)31(7)45(65)36(12-2)47-29(5)22-30(6)53(73-47)19-16-41(63)54(75-53)21-20-51(10,74-54)42-17-18-52(69,13-3)33(9)70-42/h16,19,25-26,28-33,35-36,38-44,46-47,62-64,69H,11-15,17-18,20-24,27H2,1-10H3,(H,56,66)(H,57,67,68)/t28-,29-,30+,31-,32-,33-,35+,36-,38-,39+,40+,41+,42+,43+,44+,46+,47-,51-,52+,53-,54-/m0/s1. The summed E-state index contributed by atoms with van der Waals surface area (Å²) in [6.45, 7) is 19.2. The number of hydrogen-bond donors (Lipinski definition) is 6. The van der Waals surface area contributed by atoms with Gasteiger partial charge in [0.1, 0.15) is 29.9 Å². The molecule has 6 N–H and O–H groups in total. The molecule has 8 rings (SSSR count). The molecule has 0 saturated carbocycles. The second kappa shape index (κ2) is 22.5. The summed E-state index contributed by atoms with van der Waals surface area (Å²) in [7, 11) is 0. The van der Waals surface area contributed by atoms with Crippen molar-refractivity contribution in [3.8, 4) is 0 Å². The Morgan fingerprint density at radius 2 is 1.68 bits per heavy atom. The second-order valence-electron chi connectivity index (χ2n) is 23.2. The van der Waals surface area contributed by atoms with Gasteiger partial charge in [-0.05, 0) is 95.6 Å². The van der Waals surface area contributed by atoms with E-state index < -0.39 is 119 Å². The van der Waals surface area contributed by atoms with Crippen molar-refractivity contribution in [1.29, 1.82) is 0 Å². The van der Waals surface area contributed by atoms with Crippen LogP contribution in [-0.2, 0) is 44.6 Å². The van der Waals surface area contributed by atoms with E-state index in [9.17, 15) is 44.0 Å². The molecule has 0 aliphatic carbocycles. The van der Waals surface area contributed by atoms with Crippen LogP contribution in [0.4, 0.5) is 4.39 Å². The van der Waals surface area contributed by atoms with Gasteiger partial charge in [-0.2, -0.15) is 4.39 Å². The molecule has 2 aromatic heterocycles. The van der Waals surface area contributed by atoms with E-state index in [1.807, 2.05) is 46.5 Å². The van der Waals surface area contributed by atoms with Crippen LogP contribution in [0.2, 0.25) is 0 Å². The summed E-state index contributed by atoms with van der Waals surface area (Å²) in [4.78, 5) is 54.6. The lowest BCUT2D eigenvalue weighted by molar-refractivity contribution is -0.409. The predicted octanol–water partition coefficient (Wildman–Crippen LogP) is 4.52. The fraction of sp³-hybridized carbons (Fsp3) is 0.815. The van der Waals surface area contributed by atoms with E-state index in [2.05, 4.69) is 36.4 Å². The van der Waals surface area contributed by atoms with Crippen molar-refractivity contribution in [2.24, 2.45) is 41.4 Å². The van der Waals surface area contributed by atoms with Crippen LogP contribution in [0.1, 0.15) is 158 Å². The summed E-state index contributed by atoms with van der Waals surface area (Å²) in [5.74, 6) is -6.78. The van der Waals surface area contributed by atoms with Gasteiger partial charge in [-0.15, -0.1) is 5.10 Å². The quantitative estimate of drug-likeness (QED) is 0.119. The largest absolute Gasteiger partial charge is 0.394 e. The molecular weight excluding hydrogens is 976 g/mol. The van der Waals surface area contributed by atoms with Crippen molar-refractivity contribution in [3.05, 3.63) is 56.9 Å². The number of amides is 1. The molecule has 21 heteroatoms. The highest BCUT2D eigenvalue weighted by molar-refractivity contribution is 5.84. The van der Waals surface area contributed by atoms with E-state index in [0.717, 1.165) is 17.2 Å². The van der Waals surface area contributed by atoms with E-state index in [-0.39, 0.29) is 54.6 Å². The Bertz CT molecular complexity index is 2490. The van der Waals surface area contributed by atoms with Crippen LogP contribution >= 0.6 is 0 Å². The van der Waals surface area contributed by atoms with Crippen LogP contribution < -0.4 is 16.6 Å². The van der Waals surface area contributed by atoms with E-state index >= 15 is 0 Å². The summed E-state index contributed by atoms with van der Waals surface area (Å²) in [5, 5.41) is 56.3. The number of aliphatic hydroxyl groups excluding tert-OH is 3. The maximum absolute atomic E-state index is 14.8. The summed E-state index contributed by atoms with van der Waals surface area (Å²) >= 11 is 0. The summed E-state index contributed by atoms with van der Waals surface area (Å²) in [6.07, 6.45) is 5.47. The predicted molar refractivity (Wildman–Crippen MR) is 269 cm³/mol. The Morgan fingerprint density at radius 1 is 0.947 bits per heavy atom. The highest BCUT2D eigenvalue weighted by atomic mass is 19.1. The van der Waals surface area contributed by atoms with E-state index in [1.54, 1.807) is 25.3 Å². The topological polar surface area (TPSA) is 268 Å². The Hall–Kier alpha value is -3.77. The van der Waals surface area contributed by atoms with Gasteiger partial charge in [-0.3, -0.25) is 23.9 Å². The summed E-state index contributed by atoms with van der Waals surface area (Å²) in [5.41, 5.74) is -3.29. The first kappa shape index (κ1) is 57.4. The highest BCUT2D eigenvalue weighted by Crippen LogP contribution is 2.54. The monoisotopic (exact) mass is 1060 g/mol. The second-order valence-corrected chi connectivity index (χ2v) is 23.2. The number of carbonyl (C=O) groups is 2. The number of nitrogens with one attached hydrogen (secondary N) is 2. The number of ketones is 1. The molecule has 2 aromatic rings. The van der Waals surface area contributed by atoms with Crippen LogP contribution in [0.15, 0.2) is 34.1 Å². The molecule has 2 spiro atoms. The fourth-order valence-electron chi connectivity index (χ4n) is 13.4. The SMILES string of the molecule is CC[C@@H](C(=O)[C@@H](C)[C@@H](O)[C@H](C)[C@@H]1O[C@@H]([C@@H](CC)C(=O)NCc2cn([C@H]3C[C@H](n4cc(F)c(=O)[nH]c4=O)O[C@@H]3CO)nn2)CC[C@@H]1C)[C@H]1O[C@]2(C=C[C@@H](O)[C@]3(CC[C@@](C)([C@H]4CC[C@](O)(CC)[C@H](C)O4)O3)O2)[C@H](C)C[C@@H]1C. The molecule has 0 bridgehead atoms. The molecule has 0 radical (unpaired) electrons. The number of hydrogen-bond acceptors (Lipinski definition) is 16. The molecule has 6 aliphatic heterocycles. The zero-order chi connectivity index (χ0) is 54.5. The maximum Gasteiger partial charge on any atom is 0.330 e. The molecule has 6 aliphatic rings. The van der Waals surface area contributed by atoms with Gasteiger partial charge in [-0.1, -0.05) is 60.6 Å². The number of halogens is 1. The Labute approximate surface area is 438 Å². The van der Waals surface area contributed by atoms with Gasteiger partial charge in [0.15, 0.2) is 5.79 Å². The zero-order valence-electron chi connectivity index (χ0n) is 45.4. The number of carbonyl (C=O) groups excluding carboxylic acids is 2. The van der Waals surface area contributed by atoms with E-state index in [1.165, 1.54) is 4.68 Å². The number of aromatic nitrogens is 5. The molecular formula is C54H83FN6O14. The number of rotatable bonds is 17. The molecule has 0 unspecified atom stereocenters. The smallest absolute Gasteiger partial charge is 0.330 e. The lowest BCUT2D eigenvalue weighted by atomic mass is 9.72. The minimum absolute atomic E-state index is 0.0304. The van der Waals surface area contributed by atoms with Crippen LogP contribution in [0.5, 0.6) is 0 Å². The van der Waals surface area contributed by atoms with Crippen LogP contribution in [-0.4, -0.2) is 135 Å². The first-order valence-electron chi connectivity index (χ1n) is 27.6. The van der Waals surface area contributed by atoms with Crippen LogP contribution in [0.3, 0.4) is 0 Å². The normalized spacial score (nSPS) is 40.1. The number of aromatic amines is 1. The average molecular weight is 1060 g/mol. The van der Waals surface area contributed by atoms with Crippen molar-refractivity contribution in [2.45, 2.75) is 230 Å². The van der Waals surface area contributed by atoms with Crippen molar-refractivity contribution in [2.75, 3.05) is 6.61 Å². The summed E-state index contributed by atoms with van der Waals surface area (Å²) < 4.78 is 56.3. The van der Waals surface area contributed by atoms with E-state index in [4.69, 9.17) is 28.4 Å². The molecule has 1 amide bonds. The number of ether oxygens (including phenoxy) is 6. The van der Waals surface area contributed by atoms with Gasteiger partial charge >= 0.3 is 5.69 Å². The molecule has 5 saturated heterocycles.